The van der Waals surface area contributed by atoms with Crippen molar-refractivity contribution in [2.75, 3.05) is 10.6 Å². The Morgan fingerprint density at radius 3 is 2.21 bits per heavy atom. The summed E-state index contributed by atoms with van der Waals surface area (Å²) in [5.41, 5.74) is 4.98. The first-order chi connectivity index (χ1) is 13.2. The number of rotatable bonds is 8. The molecule has 0 fully saturated rings. The summed E-state index contributed by atoms with van der Waals surface area (Å²) in [7, 11) is -3.61. The third kappa shape index (κ3) is 5.35. The summed E-state index contributed by atoms with van der Waals surface area (Å²) < 4.78 is 25.9. The summed E-state index contributed by atoms with van der Waals surface area (Å²) in [4.78, 5) is 12.8. The summed E-state index contributed by atoms with van der Waals surface area (Å²) in [5.74, 6) is -0.324. The Kier molecular flexibility index (Phi) is 7.24. The maximum atomic E-state index is 12.8. The SMILES string of the molecule is CCc1ccc(CC)c(CNC(=O)C(C)N(c2ccc(C)cc2)S(C)(=O)=O)c1. The number of carbonyl (C=O) groups excluding carboxylic acids is 1. The van der Waals surface area contributed by atoms with Gasteiger partial charge in [-0.25, -0.2) is 8.42 Å². The first-order valence-electron chi connectivity index (χ1n) is 9.61. The van der Waals surface area contributed by atoms with Crippen molar-refractivity contribution in [1.29, 1.82) is 0 Å². The van der Waals surface area contributed by atoms with E-state index in [4.69, 9.17) is 0 Å². The highest BCUT2D eigenvalue weighted by atomic mass is 32.2. The summed E-state index contributed by atoms with van der Waals surface area (Å²) in [6.07, 6.45) is 2.93. The predicted molar refractivity (Wildman–Crippen MR) is 115 cm³/mol. The highest BCUT2D eigenvalue weighted by Crippen LogP contribution is 2.21. The highest BCUT2D eigenvalue weighted by molar-refractivity contribution is 7.92. The topological polar surface area (TPSA) is 66.5 Å². The molecule has 0 saturated heterocycles. The number of amides is 1. The number of aryl methyl sites for hydroxylation is 3. The molecule has 0 spiro atoms. The van der Waals surface area contributed by atoms with Crippen LogP contribution in [-0.4, -0.2) is 26.6 Å². The van der Waals surface area contributed by atoms with Gasteiger partial charge in [0, 0.05) is 6.54 Å². The predicted octanol–water partition coefficient (Wildman–Crippen LogP) is 3.59. The van der Waals surface area contributed by atoms with Gasteiger partial charge in [-0.1, -0.05) is 49.7 Å². The second-order valence-electron chi connectivity index (χ2n) is 7.10. The minimum Gasteiger partial charge on any atom is -0.350 e. The highest BCUT2D eigenvalue weighted by Gasteiger charge is 2.29. The molecule has 152 valence electrons. The summed E-state index contributed by atoms with van der Waals surface area (Å²) in [6, 6.07) is 12.6. The van der Waals surface area contributed by atoms with E-state index in [1.807, 2.05) is 19.1 Å². The minimum absolute atomic E-state index is 0.324. The van der Waals surface area contributed by atoms with E-state index in [-0.39, 0.29) is 5.91 Å². The van der Waals surface area contributed by atoms with Crippen LogP contribution in [0.5, 0.6) is 0 Å². The van der Waals surface area contributed by atoms with Crippen molar-refractivity contribution in [3.63, 3.8) is 0 Å². The molecule has 2 aromatic rings. The van der Waals surface area contributed by atoms with Crippen molar-refractivity contribution < 1.29 is 13.2 Å². The fraction of sp³-hybridized carbons (Fsp3) is 0.409. The number of benzene rings is 2. The van der Waals surface area contributed by atoms with Gasteiger partial charge in [-0.2, -0.15) is 0 Å². The van der Waals surface area contributed by atoms with Crippen LogP contribution in [0.2, 0.25) is 0 Å². The molecular weight excluding hydrogens is 372 g/mol. The lowest BCUT2D eigenvalue weighted by atomic mass is 10.0. The fourth-order valence-electron chi connectivity index (χ4n) is 3.24. The fourth-order valence-corrected chi connectivity index (χ4v) is 4.41. The van der Waals surface area contributed by atoms with E-state index in [9.17, 15) is 13.2 Å². The Balaban J connectivity index is 2.21. The molecule has 5 nitrogen and oxygen atoms in total. The summed E-state index contributed by atoms with van der Waals surface area (Å²) >= 11 is 0. The third-order valence-electron chi connectivity index (χ3n) is 4.89. The van der Waals surface area contributed by atoms with Crippen LogP contribution in [0.1, 0.15) is 43.0 Å². The number of hydrogen-bond donors (Lipinski definition) is 1. The molecule has 0 saturated carbocycles. The van der Waals surface area contributed by atoms with Crippen LogP contribution in [0.15, 0.2) is 42.5 Å². The smallest absolute Gasteiger partial charge is 0.243 e. The number of anilines is 1. The third-order valence-corrected chi connectivity index (χ3v) is 6.13. The van der Waals surface area contributed by atoms with Crippen molar-refractivity contribution in [1.82, 2.24) is 5.32 Å². The lowest BCUT2D eigenvalue weighted by Crippen LogP contribution is -2.47. The molecule has 1 N–H and O–H groups in total. The molecule has 0 bridgehead atoms. The van der Waals surface area contributed by atoms with Gasteiger partial charge in [-0.15, -0.1) is 0 Å². The van der Waals surface area contributed by atoms with Crippen molar-refractivity contribution in [3.05, 3.63) is 64.7 Å². The van der Waals surface area contributed by atoms with E-state index in [1.165, 1.54) is 15.4 Å². The number of nitrogens with zero attached hydrogens (tertiary/aromatic N) is 1. The zero-order valence-corrected chi connectivity index (χ0v) is 18.1. The second-order valence-corrected chi connectivity index (χ2v) is 8.96. The monoisotopic (exact) mass is 402 g/mol. The molecule has 0 heterocycles. The van der Waals surface area contributed by atoms with E-state index in [0.717, 1.165) is 30.2 Å². The molecule has 6 heteroatoms. The minimum atomic E-state index is -3.61. The van der Waals surface area contributed by atoms with E-state index in [2.05, 4.69) is 37.4 Å². The maximum absolute atomic E-state index is 12.8. The number of hydrogen-bond acceptors (Lipinski definition) is 3. The number of carbonyl (C=O) groups is 1. The Hall–Kier alpha value is -2.34. The molecule has 1 amide bonds. The average molecular weight is 403 g/mol. The molecule has 2 aromatic carbocycles. The van der Waals surface area contributed by atoms with Gasteiger partial charge in [0.15, 0.2) is 0 Å². The van der Waals surface area contributed by atoms with Gasteiger partial charge >= 0.3 is 0 Å². The first-order valence-corrected chi connectivity index (χ1v) is 11.5. The zero-order chi connectivity index (χ0) is 20.9. The van der Waals surface area contributed by atoms with Gasteiger partial charge in [-0.05, 0) is 55.5 Å². The Morgan fingerprint density at radius 2 is 1.68 bits per heavy atom. The molecule has 0 aliphatic heterocycles. The van der Waals surface area contributed by atoms with Gasteiger partial charge in [0.25, 0.3) is 0 Å². The zero-order valence-electron chi connectivity index (χ0n) is 17.3. The quantitative estimate of drug-likeness (QED) is 0.734. The lowest BCUT2D eigenvalue weighted by molar-refractivity contribution is -0.122. The summed E-state index contributed by atoms with van der Waals surface area (Å²) in [5, 5.41) is 2.91. The molecule has 1 atom stereocenters. The number of nitrogens with one attached hydrogen (secondary N) is 1. The molecule has 28 heavy (non-hydrogen) atoms. The molecule has 0 radical (unpaired) electrons. The van der Waals surface area contributed by atoms with Crippen LogP contribution in [0.25, 0.3) is 0 Å². The van der Waals surface area contributed by atoms with Crippen LogP contribution in [0.4, 0.5) is 5.69 Å². The Morgan fingerprint density at radius 1 is 1.04 bits per heavy atom. The van der Waals surface area contributed by atoms with Crippen LogP contribution in [0, 0.1) is 6.92 Å². The lowest BCUT2D eigenvalue weighted by Gasteiger charge is -2.28. The van der Waals surface area contributed by atoms with E-state index < -0.39 is 16.1 Å². The van der Waals surface area contributed by atoms with E-state index in [0.29, 0.717) is 12.2 Å². The number of sulfonamides is 1. The van der Waals surface area contributed by atoms with Crippen molar-refractivity contribution in [2.45, 2.75) is 53.1 Å². The normalized spacial score (nSPS) is 12.5. The van der Waals surface area contributed by atoms with Gasteiger partial charge in [-0.3, -0.25) is 9.10 Å². The Bertz CT molecular complexity index is 921. The van der Waals surface area contributed by atoms with Gasteiger partial charge in [0.1, 0.15) is 6.04 Å². The molecule has 1 unspecified atom stereocenters. The molecule has 0 aliphatic rings. The van der Waals surface area contributed by atoms with Gasteiger partial charge < -0.3 is 5.32 Å². The van der Waals surface area contributed by atoms with Crippen LogP contribution in [0.3, 0.4) is 0 Å². The van der Waals surface area contributed by atoms with Crippen molar-refractivity contribution in [3.8, 4) is 0 Å². The maximum Gasteiger partial charge on any atom is 0.243 e. The van der Waals surface area contributed by atoms with Crippen LogP contribution < -0.4 is 9.62 Å². The van der Waals surface area contributed by atoms with Crippen molar-refractivity contribution in [2.24, 2.45) is 0 Å². The van der Waals surface area contributed by atoms with Crippen molar-refractivity contribution >= 4 is 21.6 Å². The molecule has 0 aliphatic carbocycles. The van der Waals surface area contributed by atoms with Gasteiger partial charge in [0.2, 0.25) is 15.9 Å². The second kappa shape index (κ2) is 9.24. The van der Waals surface area contributed by atoms with E-state index in [1.54, 1.807) is 19.1 Å². The van der Waals surface area contributed by atoms with E-state index >= 15 is 0 Å². The van der Waals surface area contributed by atoms with Gasteiger partial charge in [0.05, 0.1) is 11.9 Å². The molecule has 2 rings (SSSR count). The molecule has 0 aromatic heterocycles. The van der Waals surface area contributed by atoms with Crippen LogP contribution >= 0.6 is 0 Å². The van der Waals surface area contributed by atoms with Crippen LogP contribution in [-0.2, 0) is 34.2 Å². The first kappa shape index (κ1) is 22.0. The largest absolute Gasteiger partial charge is 0.350 e. The standard InChI is InChI=1S/C22H30N2O3S/c1-6-18-10-11-19(7-2)20(14-18)15-23-22(25)17(4)24(28(5,26)27)21-12-8-16(3)9-13-21/h8-14,17H,6-7,15H2,1-5H3,(H,23,25). The summed E-state index contributed by atoms with van der Waals surface area (Å²) in [6.45, 7) is 8.10. The molecular formula is C22H30N2O3S. The Labute approximate surface area is 168 Å². The average Bonchev–Trinajstić information content (AvgIpc) is 2.66.